The fourth-order valence-corrected chi connectivity index (χ4v) is 1.91. The van der Waals surface area contributed by atoms with Crippen molar-refractivity contribution in [2.45, 2.75) is 0 Å². The molecule has 2 rings (SSSR count). The summed E-state index contributed by atoms with van der Waals surface area (Å²) in [5.41, 5.74) is 1.28. The molecule has 1 aromatic heterocycles. The number of pyridine rings is 1. The number of nitriles is 1. The van der Waals surface area contributed by atoms with Gasteiger partial charge in [-0.3, -0.25) is 9.59 Å². The van der Waals surface area contributed by atoms with Gasteiger partial charge in [-0.1, -0.05) is 11.6 Å². The van der Waals surface area contributed by atoms with Crippen LogP contribution in [0.25, 0.3) is 0 Å². The molecule has 0 aliphatic carbocycles. The standard InChI is InChI=1S/C15H11ClN4O2/c1-18-14(21)10-3-5-12(11(16)6-10)20-15(22)13-4-2-9(7-17)8-19-13/h2-6,8H,1H3,(H,18,21)(H,20,22). The number of carbonyl (C=O) groups is 2. The molecule has 0 aliphatic rings. The summed E-state index contributed by atoms with van der Waals surface area (Å²) in [5.74, 6) is -0.729. The quantitative estimate of drug-likeness (QED) is 0.908. The summed E-state index contributed by atoms with van der Waals surface area (Å²) in [7, 11) is 1.52. The highest BCUT2D eigenvalue weighted by Crippen LogP contribution is 2.23. The summed E-state index contributed by atoms with van der Waals surface area (Å²) >= 11 is 6.05. The van der Waals surface area contributed by atoms with Crippen LogP contribution in [0.5, 0.6) is 0 Å². The van der Waals surface area contributed by atoms with Crippen LogP contribution in [0, 0.1) is 11.3 Å². The molecule has 0 fully saturated rings. The Labute approximate surface area is 131 Å². The topological polar surface area (TPSA) is 94.9 Å². The van der Waals surface area contributed by atoms with Crippen molar-refractivity contribution < 1.29 is 9.59 Å². The number of carbonyl (C=O) groups excluding carboxylic acids is 2. The lowest BCUT2D eigenvalue weighted by molar-refractivity contribution is 0.0962. The maximum absolute atomic E-state index is 12.0. The van der Waals surface area contributed by atoms with E-state index in [0.29, 0.717) is 16.8 Å². The van der Waals surface area contributed by atoms with Crippen LogP contribution >= 0.6 is 11.6 Å². The molecule has 6 nitrogen and oxygen atoms in total. The van der Waals surface area contributed by atoms with E-state index in [1.807, 2.05) is 6.07 Å². The Bertz CT molecular complexity index is 766. The van der Waals surface area contributed by atoms with E-state index in [2.05, 4.69) is 15.6 Å². The number of nitrogens with zero attached hydrogens (tertiary/aromatic N) is 2. The van der Waals surface area contributed by atoms with E-state index in [4.69, 9.17) is 16.9 Å². The van der Waals surface area contributed by atoms with Crippen LogP contribution in [-0.4, -0.2) is 23.8 Å². The summed E-state index contributed by atoms with van der Waals surface area (Å²) in [6.45, 7) is 0. The van der Waals surface area contributed by atoms with E-state index in [1.165, 1.54) is 37.5 Å². The van der Waals surface area contributed by atoms with Crippen molar-refractivity contribution in [3.05, 3.63) is 58.4 Å². The Morgan fingerprint density at radius 1 is 1.23 bits per heavy atom. The van der Waals surface area contributed by atoms with Crippen molar-refractivity contribution >= 4 is 29.1 Å². The molecule has 0 atom stereocenters. The largest absolute Gasteiger partial charge is 0.355 e. The first-order valence-electron chi connectivity index (χ1n) is 6.24. The maximum Gasteiger partial charge on any atom is 0.274 e. The van der Waals surface area contributed by atoms with Crippen LogP contribution in [0.2, 0.25) is 5.02 Å². The van der Waals surface area contributed by atoms with Gasteiger partial charge in [-0.05, 0) is 30.3 Å². The number of amides is 2. The first-order valence-corrected chi connectivity index (χ1v) is 6.62. The van der Waals surface area contributed by atoms with Gasteiger partial charge in [-0.2, -0.15) is 5.26 Å². The van der Waals surface area contributed by atoms with Gasteiger partial charge in [0.05, 0.1) is 16.3 Å². The Balaban J connectivity index is 2.17. The number of rotatable bonds is 3. The third-order valence-corrected chi connectivity index (χ3v) is 3.14. The highest BCUT2D eigenvalue weighted by molar-refractivity contribution is 6.34. The van der Waals surface area contributed by atoms with Crippen LogP contribution in [-0.2, 0) is 0 Å². The molecule has 1 heterocycles. The molecule has 0 spiro atoms. The summed E-state index contributed by atoms with van der Waals surface area (Å²) in [6, 6.07) is 9.41. The first-order chi connectivity index (χ1) is 10.5. The molecule has 2 N–H and O–H groups in total. The van der Waals surface area contributed by atoms with Crippen LogP contribution in [0.4, 0.5) is 5.69 Å². The van der Waals surface area contributed by atoms with Crippen molar-refractivity contribution in [1.82, 2.24) is 10.3 Å². The zero-order valence-electron chi connectivity index (χ0n) is 11.6. The minimum absolute atomic E-state index is 0.158. The predicted molar refractivity (Wildman–Crippen MR) is 81.7 cm³/mol. The molecule has 7 heteroatoms. The van der Waals surface area contributed by atoms with Gasteiger partial charge in [0.15, 0.2) is 0 Å². The molecule has 22 heavy (non-hydrogen) atoms. The van der Waals surface area contributed by atoms with E-state index >= 15 is 0 Å². The minimum Gasteiger partial charge on any atom is -0.355 e. The van der Waals surface area contributed by atoms with E-state index in [0.717, 1.165) is 0 Å². The van der Waals surface area contributed by atoms with Crippen LogP contribution in [0.1, 0.15) is 26.4 Å². The second-order valence-corrected chi connectivity index (χ2v) is 4.68. The van der Waals surface area contributed by atoms with Crippen molar-refractivity contribution in [1.29, 1.82) is 5.26 Å². The molecule has 2 amide bonds. The summed E-state index contributed by atoms with van der Waals surface area (Å²) in [5, 5.41) is 14.0. The zero-order valence-corrected chi connectivity index (χ0v) is 12.3. The molecule has 1 aromatic carbocycles. The Morgan fingerprint density at radius 2 is 2.00 bits per heavy atom. The summed E-state index contributed by atoms with van der Waals surface area (Å²) in [6.07, 6.45) is 1.31. The number of hydrogen-bond donors (Lipinski definition) is 2. The number of halogens is 1. The van der Waals surface area contributed by atoms with Gasteiger partial charge < -0.3 is 10.6 Å². The Kier molecular flexibility index (Phi) is 4.71. The minimum atomic E-state index is -0.459. The molecule has 0 unspecified atom stereocenters. The molecule has 2 aromatic rings. The Morgan fingerprint density at radius 3 is 2.55 bits per heavy atom. The van der Waals surface area contributed by atoms with Gasteiger partial charge in [-0.15, -0.1) is 0 Å². The van der Waals surface area contributed by atoms with Gasteiger partial charge in [0.25, 0.3) is 11.8 Å². The fraction of sp³-hybridized carbons (Fsp3) is 0.0667. The van der Waals surface area contributed by atoms with E-state index in [9.17, 15) is 9.59 Å². The smallest absolute Gasteiger partial charge is 0.274 e. The lowest BCUT2D eigenvalue weighted by atomic mass is 10.2. The third-order valence-electron chi connectivity index (χ3n) is 2.83. The van der Waals surface area contributed by atoms with Crippen molar-refractivity contribution in [3.63, 3.8) is 0 Å². The zero-order chi connectivity index (χ0) is 16.1. The van der Waals surface area contributed by atoms with E-state index in [1.54, 1.807) is 6.07 Å². The van der Waals surface area contributed by atoms with Gasteiger partial charge >= 0.3 is 0 Å². The van der Waals surface area contributed by atoms with E-state index in [-0.39, 0.29) is 16.6 Å². The molecule has 0 saturated carbocycles. The molecule has 0 bridgehead atoms. The van der Waals surface area contributed by atoms with Crippen molar-refractivity contribution in [2.24, 2.45) is 0 Å². The molecular formula is C15H11ClN4O2. The molecule has 0 saturated heterocycles. The van der Waals surface area contributed by atoms with Crippen molar-refractivity contribution in [2.75, 3.05) is 12.4 Å². The summed E-state index contributed by atoms with van der Waals surface area (Å²) < 4.78 is 0. The van der Waals surface area contributed by atoms with Gasteiger partial charge in [0.1, 0.15) is 11.8 Å². The normalized spacial score (nSPS) is 9.68. The number of hydrogen-bond acceptors (Lipinski definition) is 4. The van der Waals surface area contributed by atoms with Gasteiger partial charge in [0.2, 0.25) is 0 Å². The number of benzene rings is 1. The lowest BCUT2D eigenvalue weighted by Gasteiger charge is -2.08. The SMILES string of the molecule is CNC(=O)c1ccc(NC(=O)c2ccc(C#N)cn2)c(Cl)c1. The van der Waals surface area contributed by atoms with Gasteiger partial charge in [-0.25, -0.2) is 4.98 Å². The molecule has 0 aliphatic heterocycles. The van der Waals surface area contributed by atoms with E-state index < -0.39 is 5.91 Å². The average molecular weight is 315 g/mol. The third kappa shape index (κ3) is 3.40. The average Bonchev–Trinajstić information content (AvgIpc) is 2.55. The number of aromatic nitrogens is 1. The highest BCUT2D eigenvalue weighted by atomic mass is 35.5. The van der Waals surface area contributed by atoms with Crippen LogP contribution < -0.4 is 10.6 Å². The lowest BCUT2D eigenvalue weighted by Crippen LogP contribution is -2.18. The monoisotopic (exact) mass is 314 g/mol. The Hall–Kier alpha value is -2.91. The predicted octanol–water partition coefficient (Wildman–Crippen LogP) is 2.22. The van der Waals surface area contributed by atoms with Crippen LogP contribution in [0.3, 0.4) is 0 Å². The maximum atomic E-state index is 12.0. The highest BCUT2D eigenvalue weighted by Gasteiger charge is 2.12. The van der Waals surface area contributed by atoms with Crippen LogP contribution in [0.15, 0.2) is 36.5 Å². The number of anilines is 1. The number of nitrogens with one attached hydrogen (secondary N) is 2. The second-order valence-electron chi connectivity index (χ2n) is 4.27. The second kappa shape index (κ2) is 6.70. The molecule has 0 radical (unpaired) electrons. The van der Waals surface area contributed by atoms with Gasteiger partial charge in [0, 0.05) is 18.8 Å². The summed E-state index contributed by atoms with van der Waals surface area (Å²) in [4.78, 5) is 27.4. The molecule has 110 valence electrons. The fourth-order valence-electron chi connectivity index (χ4n) is 1.68. The van der Waals surface area contributed by atoms with Crippen molar-refractivity contribution in [3.8, 4) is 6.07 Å². The molecular weight excluding hydrogens is 304 g/mol. The first kappa shape index (κ1) is 15.5.